The second kappa shape index (κ2) is 5.97. The van der Waals surface area contributed by atoms with E-state index in [9.17, 15) is 13.8 Å². The van der Waals surface area contributed by atoms with Gasteiger partial charge in [-0.05, 0) is 11.6 Å². The van der Waals surface area contributed by atoms with Crippen molar-refractivity contribution in [1.29, 1.82) is 0 Å². The van der Waals surface area contributed by atoms with Crippen molar-refractivity contribution >= 4 is 22.7 Å². The maximum Gasteiger partial charge on any atom is 0.335 e. The molecule has 1 aromatic carbocycles. The van der Waals surface area contributed by atoms with Gasteiger partial charge in [0, 0.05) is 35.4 Å². The average molecular weight is 281 g/mol. The molecular weight excluding hydrogens is 266 g/mol. The van der Waals surface area contributed by atoms with E-state index in [-0.39, 0.29) is 17.9 Å². The Morgan fingerprint density at radius 1 is 1.21 bits per heavy atom. The number of rotatable bonds is 3. The van der Waals surface area contributed by atoms with Crippen LogP contribution in [-0.4, -0.2) is 50.7 Å². The number of hydrogen-bond acceptors (Lipinski definition) is 3. The molecule has 1 heterocycles. The molecule has 0 unspecified atom stereocenters. The third-order valence-electron chi connectivity index (χ3n) is 3.12. The summed E-state index contributed by atoms with van der Waals surface area (Å²) >= 11 is 0. The van der Waals surface area contributed by atoms with Gasteiger partial charge in [-0.15, -0.1) is 0 Å². The van der Waals surface area contributed by atoms with Crippen LogP contribution in [0.15, 0.2) is 24.3 Å². The Morgan fingerprint density at radius 2 is 1.84 bits per heavy atom. The zero-order chi connectivity index (χ0) is 13.8. The van der Waals surface area contributed by atoms with E-state index in [1.54, 1.807) is 23.1 Å². The predicted octanol–water partition coefficient (Wildman–Crippen LogP) is 0.518. The minimum atomic E-state index is -1.02. The first-order valence-corrected chi connectivity index (χ1v) is 7.50. The van der Waals surface area contributed by atoms with Gasteiger partial charge in [0.25, 0.3) is 0 Å². The molecule has 1 N–H and O–H groups in total. The molecule has 0 bridgehead atoms. The van der Waals surface area contributed by atoms with Crippen molar-refractivity contribution in [2.75, 3.05) is 24.6 Å². The molecule has 0 saturated carbocycles. The molecule has 1 saturated heterocycles. The highest BCUT2D eigenvalue weighted by Gasteiger charge is 2.21. The first-order valence-electron chi connectivity index (χ1n) is 6.02. The van der Waals surface area contributed by atoms with Crippen molar-refractivity contribution in [3.63, 3.8) is 0 Å². The van der Waals surface area contributed by atoms with Gasteiger partial charge in [-0.25, -0.2) is 4.79 Å². The molecule has 2 rings (SSSR count). The average Bonchev–Trinajstić information content (AvgIpc) is 2.39. The number of carboxylic acid groups (broad SMARTS) is 1. The van der Waals surface area contributed by atoms with E-state index in [4.69, 9.17) is 5.11 Å². The van der Waals surface area contributed by atoms with Crippen LogP contribution in [-0.2, 0) is 22.0 Å². The molecule has 1 amide bonds. The molecule has 0 spiro atoms. The molecule has 0 atom stereocenters. The maximum atomic E-state index is 12.1. The Bertz CT molecular complexity index is 519. The highest BCUT2D eigenvalue weighted by molar-refractivity contribution is 7.85. The standard InChI is InChI=1S/C13H15NO4S/c15-12(14-5-7-19(18)8-6-14)9-10-3-1-2-4-11(10)13(16)17/h1-4H,5-9H2,(H,16,17). The van der Waals surface area contributed by atoms with E-state index in [2.05, 4.69) is 0 Å². The minimum absolute atomic E-state index is 0.0785. The Balaban J connectivity index is 2.07. The third-order valence-corrected chi connectivity index (χ3v) is 4.40. The zero-order valence-corrected chi connectivity index (χ0v) is 11.2. The van der Waals surface area contributed by atoms with Gasteiger partial charge >= 0.3 is 5.97 Å². The number of carbonyl (C=O) groups excluding carboxylic acids is 1. The Morgan fingerprint density at radius 3 is 2.47 bits per heavy atom. The molecule has 1 aliphatic rings. The summed E-state index contributed by atoms with van der Waals surface area (Å²) in [7, 11) is -0.824. The summed E-state index contributed by atoms with van der Waals surface area (Å²) in [5.41, 5.74) is 0.683. The van der Waals surface area contributed by atoms with E-state index in [1.165, 1.54) is 6.07 Å². The lowest BCUT2D eigenvalue weighted by atomic mass is 10.0. The lowest BCUT2D eigenvalue weighted by molar-refractivity contribution is -0.130. The van der Waals surface area contributed by atoms with E-state index < -0.39 is 16.8 Å². The SMILES string of the molecule is O=C(O)c1ccccc1CC(=O)N1CCS(=O)CC1. The van der Waals surface area contributed by atoms with Crippen LogP contribution < -0.4 is 0 Å². The number of aromatic carboxylic acids is 1. The van der Waals surface area contributed by atoms with Crippen molar-refractivity contribution < 1.29 is 18.9 Å². The van der Waals surface area contributed by atoms with Gasteiger partial charge in [-0.2, -0.15) is 0 Å². The topological polar surface area (TPSA) is 74.7 Å². The Labute approximate surface area is 113 Å². The first kappa shape index (κ1) is 13.7. The van der Waals surface area contributed by atoms with Gasteiger partial charge in [0.15, 0.2) is 0 Å². The fourth-order valence-electron chi connectivity index (χ4n) is 2.05. The molecular formula is C13H15NO4S. The summed E-state index contributed by atoms with van der Waals surface area (Å²) in [6, 6.07) is 6.52. The molecule has 6 heteroatoms. The smallest absolute Gasteiger partial charge is 0.335 e. The van der Waals surface area contributed by atoms with Crippen LogP contribution in [0.3, 0.4) is 0 Å². The van der Waals surface area contributed by atoms with Crippen LogP contribution in [0.1, 0.15) is 15.9 Å². The van der Waals surface area contributed by atoms with Gasteiger partial charge < -0.3 is 10.0 Å². The van der Waals surface area contributed by atoms with Gasteiger partial charge in [-0.3, -0.25) is 9.00 Å². The second-order valence-corrected chi connectivity index (χ2v) is 6.06. The summed E-state index contributed by atoms with van der Waals surface area (Å²) < 4.78 is 11.2. The van der Waals surface area contributed by atoms with Crippen molar-refractivity contribution in [2.24, 2.45) is 0 Å². The fourth-order valence-corrected chi connectivity index (χ4v) is 3.10. The van der Waals surface area contributed by atoms with Crippen molar-refractivity contribution in [2.45, 2.75) is 6.42 Å². The van der Waals surface area contributed by atoms with E-state index in [0.717, 1.165) is 0 Å². The third kappa shape index (κ3) is 3.41. The number of benzene rings is 1. The van der Waals surface area contributed by atoms with Crippen molar-refractivity contribution in [3.8, 4) is 0 Å². The number of amides is 1. The van der Waals surface area contributed by atoms with Crippen molar-refractivity contribution in [1.82, 2.24) is 4.90 Å². The number of carboxylic acids is 1. The lowest BCUT2D eigenvalue weighted by Crippen LogP contribution is -2.42. The molecule has 1 fully saturated rings. The molecule has 1 aromatic rings. The van der Waals surface area contributed by atoms with Crippen LogP contribution in [0.25, 0.3) is 0 Å². The van der Waals surface area contributed by atoms with E-state index in [0.29, 0.717) is 30.2 Å². The van der Waals surface area contributed by atoms with E-state index >= 15 is 0 Å². The van der Waals surface area contributed by atoms with E-state index in [1.807, 2.05) is 0 Å². The molecule has 0 radical (unpaired) electrons. The number of hydrogen-bond donors (Lipinski definition) is 1. The molecule has 102 valence electrons. The van der Waals surface area contributed by atoms with Gasteiger partial charge in [0.2, 0.25) is 5.91 Å². The van der Waals surface area contributed by atoms with Crippen LogP contribution in [0, 0.1) is 0 Å². The van der Waals surface area contributed by atoms with Crippen LogP contribution in [0.4, 0.5) is 0 Å². The Kier molecular flexibility index (Phi) is 4.31. The first-order chi connectivity index (χ1) is 9.08. The number of carbonyl (C=O) groups is 2. The lowest BCUT2D eigenvalue weighted by Gasteiger charge is -2.26. The monoisotopic (exact) mass is 281 g/mol. The summed E-state index contributed by atoms with van der Waals surface area (Å²) in [4.78, 5) is 24.8. The second-order valence-electron chi connectivity index (χ2n) is 4.37. The fraction of sp³-hybridized carbons (Fsp3) is 0.385. The summed E-state index contributed by atoms with van der Waals surface area (Å²) in [5.74, 6) is -0.118. The zero-order valence-electron chi connectivity index (χ0n) is 10.4. The molecule has 5 nitrogen and oxygen atoms in total. The van der Waals surface area contributed by atoms with Gasteiger partial charge in [-0.1, -0.05) is 18.2 Å². The summed E-state index contributed by atoms with van der Waals surface area (Å²) in [5, 5.41) is 9.06. The van der Waals surface area contributed by atoms with Crippen LogP contribution in [0.5, 0.6) is 0 Å². The van der Waals surface area contributed by atoms with Gasteiger partial charge in [0.1, 0.15) is 0 Å². The van der Waals surface area contributed by atoms with Crippen LogP contribution in [0.2, 0.25) is 0 Å². The van der Waals surface area contributed by atoms with Crippen molar-refractivity contribution in [3.05, 3.63) is 35.4 Å². The molecule has 19 heavy (non-hydrogen) atoms. The highest BCUT2D eigenvalue weighted by Crippen LogP contribution is 2.12. The molecule has 0 aromatic heterocycles. The summed E-state index contributed by atoms with van der Waals surface area (Å²) in [6.07, 6.45) is 0.0785. The normalized spacial score (nSPS) is 16.3. The van der Waals surface area contributed by atoms with Gasteiger partial charge in [0.05, 0.1) is 12.0 Å². The largest absolute Gasteiger partial charge is 0.478 e. The molecule has 1 aliphatic heterocycles. The Hall–Kier alpha value is -1.69. The number of nitrogens with zero attached hydrogens (tertiary/aromatic N) is 1. The minimum Gasteiger partial charge on any atom is -0.478 e. The molecule has 0 aliphatic carbocycles. The van der Waals surface area contributed by atoms with Crippen LogP contribution >= 0.6 is 0 Å². The highest BCUT2D eigenvalue weighted by atomic mass is 32.2. The predicted molar refractivity (Wildman–Crippen MR) is 71.6 cm³/mol. The maximum absolute atomic E-state index is 12.1. The quantitative estimate of drug-likeness (QED) is 0.876. The summed E-state index contributed by atoms with van der Waals surface area (Å²) in [6.45, 7) is 0.974.